The monoisotopic (exact) mass is 501 g/mol. The summed E-state index contributed by atoms with van der Waals surface area (Å²) in [7, 11) is 0. The predicted molar refractivity (Wildman–Crippen MR) is 134 cm³/mol. The van der Waals surface area contributed by atoms with Gasteiger partial charge in [0, 0.05) is 12.3 Å². The summed E-state index contributed by atoms with van der Waals surface area (Å²) in [6.07, 6.45) is 6.07. The van der Waals surface area contributed by atoms with Gasteiger partial charge in [0.15, 0.2) is 17.0 Å². The number of hydrogen-bond acceptors (Lipinski definition) is 7. The van der Waals surface area contributed by atoms with Gasteiger partial charge in [0.05, 0.1) is 23.4 Å². The van der Waals surface area contributed by atoms with Gasteiger partial charge in [-0.2, -0.15) is 0 Å². The Kier molecular flexibility index (Phi) is 5.76. The largest absolute Gasteiger partial charge is 0.478 e. The lowest BCUT2D eigenvalue weighted by Gasteiger charge is -2.23. The number of benzene rings is 2. The summed E-state index contributed by atoms with van der Waals surface area (Å²) in [5.74, 6) is -1.18. The zero-order chi connectivity index (χ0) is 25.5. The molecule has 0 bridgehead atoms. The van der Waals surface area contributed by atoms with E-state index in [0.29, 0.717) is 40.6 Å². The van der Waals surface area contributed by atoms with E-state index >= 15 is 0 Å². The van der Waals surface area contributed by atoms with Gasteiger partial charge >= 0.3 is 5.97 Å². The molecule has 2 aromatic carbocycles. The molecule has 1 aliphatic heterocycles. The van der Waals surface area contributed by atoms with Crippen LogP contribution in [0.1, 0.15) is 54.6 Å². The van der Waals surface area contributed by atoms with Crippen molar-refractivity contribution < 1.29 is 19.0 Å². The van der Waals surface area contributed by atoms with E-state index in [1.807, 2.05) is 41.8 Å². The molecular weight excluding hydrogens is 477 g/mol. The summed E-state index contributed by atoms with van der Waals surface area (Å²) in [6.45, 7) is 2.58. The molecule has 5 aromatic rings. The van der Waals surface area contributed by atoms with Crippen molar-refractivity contribution in [1.29, 1.82) is 0 Å². The molecule has 11 heteroatoms. The number of rotatable bonds is 6. The molecule has 3 aromatic heterocycles. The molecule has 0 saturated carbocycles. The van der Waals surface area contributed by atoms with Gasteiger partial charge in [-0.15, -0.1) is 0 Å². The maximum atomic E-state index is 14.7. The quantitative estimate of drug-likeness (QED) is 0.338. The molecule has 0 spiro atoms. The number of nitrogens with one attached hydrogen (secondary N) is 1. The molecule has 0 radical (unpaired) electrons. The molecule has 0 amide bonds. The van der Waals surface area contributed by atoms with Crippen molar-refractivity contribution in [3.8, 4) is 5.69 Å². The number of para-hydroxylation sites is 1. The number of fused-ring (bicyclic) bond motifs is 2. The average Bonchev–Trinajstić information content (AvgIpc) is 3.52. The Morgan fingerprint density at radius 2 is 2.00 bits per heavy atom. The molecule has 4 heterocycles. The number of aromatic carboxylic acids is 1. The Morgan fingerprint density at radius 3 is 2.76 bits per heavy atom. The van der Waals surface area contributed by atoms with Gasteiger partial charge in [-0.3, -0.25) is 9.13 Å². The van der Waals surface area contributed by atoms with E-state index in [-0.39, 0.29) is 11.7 Å². The summed E-state index contributed by atoms with van der Waals surface area (Å²) >= 11 is 0. The zero-order valence-electron chi connectivity index (χ0n) is 20.0. The third kappa shape index (κ3) is 3.97. The fourth-order valence-corrected chi connectivity index (χ4v) is 4.87. The number of halogens is 1. The minimum atomic E-state index is -1.36. The Morgan fingerprint density at radius 1 is 1.16 bits per heavy atom. The first-order chi connectivity index (χ1) is 18.0. The van der Waals surface area contributed by atoms with E-state index in [4.69, 9.17) is 9.72 Å². The Hall–Kier alpha value is -4.38. The van der Waals surface area contributed by atoms with Crippen molar-refractivity contribution in [2.45, 2.75) is 38.5 Å². The summed E-state index contributed by atoms with van der Waals surface area (Å²) in [5.41, 5.74) is 2.04. The maximum absolute atomic E-state index is 14.7. The topological polar surface area (TPSA) is 120 Å². The number of aromatic nitrogens is 6. The van der Waals surface area contributed by atoms with Crippen LogP contribution in [0.15, 0.2) is 55.1 Å². The van der Waals surface area contributed by atoms with E-state index < -0.39 is 23.4 Å². The van der Waals surface area contributed by atoms with Crippen molar-refractivity contribution in [2.24, 2.45) is 0 Å². The molecule has 2 unspecified atom stereocenters. The molecule has 2 N–H and O–H groups in total. The first-order valence-corrected chi connectivity index (χ1v) is 12.1. The number of nitrogens with zero attached hydrogens (tertiary/aromatic N) is 6. The van der Waals surface area contributed by atoms with E-state index in [0.717, 1.165) is 25.3 Å². The molecule has 1 aliphatic rings. The Balaban J connectivity index is 1.45. The highest BCUT2D eigenvalue weighted by atomic mass is 19.1. The third-order valence-corrected chi connectivity index (χ3v) is 6.59. The van der Waals surface area contributed by atoms with Crippen LogP contribution in [-0.4, -0.2) is 46.8 Å². The van der Waals surface area contributed by atoms with Crippen LogP contribution in [0, 0.1) is 5.82 Å². The van der Waals surface area contributed by atoms with Crippen LogP contribution < -0.4 is 5.32 Å². The van der Waals surface area contributed by atoms with E-state index in [2.05, 4.69) is 20.3 Å². The summed E-state index contributed by atoms with van der Waals surface area (Å²) in [4.78, 5) is 30.2. The van der Waals surface area contributed by atoms with Crippen molar-refractivity contribution in [2.75, 3.05) is 11.9 Å². The van der Waals surface area contributed by atoms with Crippen molar-refractivity contribution in [3.63, 3.8) is 0 Å². The average molecular weight is 502 g/mol. The van der Waals surface area contributed by atoms with E-state index in [1.165, 1.54) is 12.4 Å². The van der Waals surface area contributed by atoms with Crippen LogP contribution in [0.25, 0.3) is 27.9 Å². The number of anilines is 1. The summed E-state index contributed by atoms with van der Waals surface area (Å²) in [5, 5.41) is 13.2. The third-order valence-electron chi connectivity index (χ3n) is 6.59. The molecule has 2 atom stereocenters. The number of carbonyl (C=O) groups is 1. The smallest absolute Gasteiger partial charge is 0.340 e. The fraction of sp³-hybridized carbons (Fsp3) is 0.269. The first-order valence-electron chi connectivity index (χ1n) is 12.1. The highest BCUT2D eigenvalue weighted by Gasteiger charge is 2.26. The molecule has 6 rings (SSSR count). The minimum absolute atomic E-state index is 0.120. The van der Waals surface area contributed by atoms with Gasteiger partial charge in [0.2, 0.25) is 0 Å². The predicted octanol–water partition coefficient (Wildman–Crippen LogP) is 4.87. The van der Waals surface area contributed by atoms with Gasteiger partial charge in [0.25, 0.3) is 0 Å². The van der Waals surface area contributed by atoms with Crippen molar-refractivity contribution >= 4 is 34.0 Å². The van der Waals surface area contributed by atoms with Crippen LogP contribution in [0.3, 0.4) is 0 Å². The minimum Gasteiger partial charge on any atom is -0.478 e. The molecule has 1 saturated heterocycles. The highest BCUT2D eigenvalue weighted by molar-refractivity contribution is 6.02. The first kappa shape index (κ1) is 23.0. The Bertz CT molecular complexity index is 1610. The van der Waals surface area contributed by atoms with Gasteiger partial charge in [-0.05, 0) is 50.5 Å². The lowest BCUT2D eigenvalue weighted by atomic mass is 10.1. The lowest BCUT2D eigenvalue weighted by molar-refractivity contribution is -0.0298. The number of carboxylic acids is 1. The van der Waals surface area contributed by atoms with Crippen LogP contribution >= 0.6 is 0 Å². The van der Waals surface area contributed by atoms with Gasteiger partial charge in [-0.25, -0.2) is 29.1 Å². The van der Waals surface area contributed by atoms with E-state index in [9.17, 15) is 14.3 Å². The van der Waals surface area contributed by atoms with Gasteiger partial charge in [-0.1, -0.05) is 18.2 Å². The molecular formula is C26H24FN7O3. The van der Waals surface area contributed by atoms with Gasteiger partial charge < -0.3 is 15.2 Å². The van der Waals surface area contributed by atoms with Crippen LogP contribution in [0.2, 0.25) is 0 Å². The second-order valence-electron chi connectivity index (χ2n) is 8.97. The number of hydrogen-bond donors (Lipinski definition) is 2. The fourth-order valence-electron chi connectivity index (χ4n) is 4.87. The molecule has 1 fully saturated rings. The number of carboxylic acid groups (broad SMARTS) is 1. The lowest BCUT2D eigenvalue weighted by Crippen LogP contribution is -2.18. The van der Waals surface area contributed by atoms with E-state index in [1.54, 1.807) is 10.9 Å². The SMILES string of the molecule is CC(Nc1ncnc2c1ncn2C1CCCCO1)c1nc2ccc(F)c(C(=O)O)c2n1-c1ccccc1. The molecule has 0 aliphatic carbocycles. The standard InChI is InChI=1S/C26H24FN7O3/c1-15(31-23-21-25(29-13-28-23)33(14-30-21)19-9-5-6-12-37-19)24-32-18-11-10-17(27)20(26(35)36)22(18)34(24)16-7-3-2-4-8-16/h2-4,7-8,10-11,13-15,19H,5-6,9,12H2,1H3,(H,35,36)(H,28,29,31). The summed E-state index contributed by atoms with van der Waals surface area (Å²) < 4.78 is 24.2. The summed E-state index contributed by atoms with van der Waals surface area (Å²) in [6, 6.07) is 11.3. The normalized spacial score (nSPS) is 16.8. The zero-order valence-corrected chi connectivity index (χ0v) is 20.0. The van der Waals surface area contributed by atoms with Crippen molar-refractivity contribution in [3.05, 3.63) is 72.3 Å². The highest BCUT2D eigenvalue weighted by Crippen LogP contribution is 2.32. The molecule has 10 nitrogen and oxygen atoms in total. The second kappa shape index (κ2) is 9.25. The van der Waals surface area contributed by atoms with Crippen LogP contribution in [0.5, 0.6) is 0 Å². The second-order valence-corrected chi connectivity index (χ2v) is 8.97. The number of imidazole rings is 2. The van der Waals surface area contributed by atoms with Gasteiger partial charge in [0.1, 0.15) is 29.8 Å². The molecule has 37 heavy (non-hydrogen) atoms. The van der Waals surface area contributed by atoms with Crippen molar-refractivity contribution in [1.82, 2.24) is 29.1 Å². The molecule has 188 valence electrons. The van der Waals surface area contributed by atoms with Crippen LogP contribution in [0.4, 0.5) is 10.2 Å². The van der Waals surface area contributed by atoms with Crippen LogP contribution in [-0.2, 0) is 4.74 Å². The Labute approximate surface area is 210 Å². The maximum Gasteiger partial charge on any atom is 0.340 e. The number of ether oxygens (including phenoxy) is 1.